The van der Waals surface area contributed by atoms with E-state index in [1.807, 2.05) is 19.2 Å². The molecule has 0 amide bonds. The Morgan fingerprint density at radius 3 is 2.60 bits per heavy atom. The predicted octanol–water partition coefficient (Wildman–Crippen LogP) is 3.72. The quantitative estimate of drug-likeness (QED) is 0.516. The lowest BCUT2D eigenvalue weighted by Crippen LogP contribution is -2.52. The molecule has 6 nitrogen and oxygen atoms in total. The first-order valence-corrected chi connectivity index (χ1v) is 12.3. The molecule has 2 fully saturated rings. The molecule has 0 spiro atoms. The summed E-state index contributed by atoms with van der Waals surface area (Å²) >= 11 is 3.44. The fourth-order valence-electron chi connectivity index (χ4n) is 4.29. The van der Waals surface area contributed by atoms with E-state index in [1.54, 1.807) is 0 Å². The molecule has 0 aromatic carbocycles. The number of aromatic nitrogens is 2. The Balaban J connectivity index is 1.53. The van der Waals surface area contributed by atoms with Crippen molar-refractivity contribution in [3.63, 3.8) is 0 Å². The zero-order valence-corrected chi connectivity index (χ0v) is 20.4. The molecule has 168 valence electrons. The third kappa shape index (κ3) is 6.49. The Kier molecular flexibility index (Phi) is 9.11. The zero-order chi connectivity index (χ0) is 21.5. The highest BCUT2D eigenvalue weighted by molar-refractivity contribution is 9.11. The van der Waals surface area contributed by atoms with Crippen LogP contribution in [0.5, 0.6) is 0 Å². The van der Waals surface area contributed by atoms with Crippen LogP contribution in [0.3, 0.4) is 0 Å². The summed E-state index contributed by atoms with van der Waals surface area (Å²) in [6.07, 6.45) is 10.2. The van der Waals surface area contributed by atoms with Crippen molar-refractivity contribution >= 4 is 21.9 Å². The molecule has 2 heterocycles. The second-order valence-corrected chi connectivity index (χ2v) is 9.93. The fourth-order valence-corrected chi connectivity index (χ4v) is 4.48. The molecule has 1 atom stereocenters. The Morgan fingerprint density at radius 2 is 2.03 bits per heavy atom. The first-order valence-electron chi connectivity index (χ1n) is 11.5. The number of piperazine rings is 1. The number of nitrogens with zero attached hydrogens (tertiary/aromatic N) is 5. The van der Waals surface area contributed by atoms with Crippen LogP contribution < -0.4 is 4.90 Å². The molecule has 30 heavy (non-hydrogen) atoms. The number of rotatable bonds is 10. The zero-order valence-electron chi connectivity index (χ0n) is 18.9. The van der Waals surface area contributed by atoms with E-state index in [2.05, 4.69) is 44.5 Å². The van der Waals surface area contributed by atoms with E-state index >= 15 is 0 Å². The predicted molar refractivity (Wildman–Crippen MR) is 127 cm³/mol. The lowest BCUT2D eigenvalue weighted by Gasteiger charge is -2.42. The molecule has 1 saturated heterocycles. The van der Waals surface area contributed by atoms with Crippen LogP contribution in [-0.4, -0.2) is 76.4 Å². The van der Waals surface area contributed by atoms with Gasteiger partial charge in [-0.3, -0.25) is 9.80 Å². The van der Waals surface area contributed by atoms with E-state index in [4.69, 9.17) is 9.97 Å². The molecule has 1 saturated carbocycles. The maximum atomic E-state index is 10.6. The Hall–Kier alpha value is -1.02. The first kappa shape index (κ1) is 23.6. The third-order valence-electron chi connectivity index (χ3n) is 6.47. The first-order chi connectivity index (χ1) is 14.5. The number of aliphatic hydroxyl groups is 1. The van der Waals surface area contributed by atoms with Crippen LogP contribution in [0, 0.1) is 6.92 Å². The normalized spacial score (nSPS) is 19.9. The van der Waals surface area contributed by atoms with Crippen molar-refractivity contribution in [2.24, 2.45) is 0 Å². The van der Waals surface area contributed by atoms with Crippen molar-refractivity contribution in [2.45, 2.75) is 71.6 Å². The van der Waals surface area contributed by atoms with Gasteiger partial charge in [0.25, 0.3) is 0 Å². The molecule has 0 radical (unpaired) electrons. The van der Waals surface area contributed by atoms with Crippen LogP contribution in [0.15, 0.2) is 16.8 Å². The largest absolute Gasteiger partial charge is 0.378 e. The summed E-state index contributed by atoms with van der Waals surface area (Å²) in [5.74, 6) is 0.868. The summed E-state index contributed by atoms with van der Waals surface area (Å²) in [6, 6.07) is 0.826. The van der Waals surface area contributed by atoms with Crippen LogP contribution >= 0.6 is 15.9 Å². The molecule has 1 aliphatic carbocycles. The van der Waals surface area contributed by atoms with Crippen molar-refractivity contribution in [1.82, 2.24) is 19.8 Å². The molecular formula is C23H38BrN5O. The highest BCUT2D eigenvalue weighted by Gasteiger charge is 2.28. The average molecular weight is 480 g/mol. The van der Waals surface area contributed by atoms with Gasteiger partial charge in [-0.05, 0) is 49.6 Å². The average Bonchev–Trinajstić information content (AvgIpc) is 2.69. The number of hydrogen-bond donors (Lipinski definition) is 1. The monoisotopic (exact) mass is 479 g/mol. The van der Waals surface area contributed by atoms with Crippen LogP contribution in [0.4, 0.5) is 5.95 Å². The molecule has 1 unspecified atom stereocenters. The molecule has 0 bridgehead atoms. The van der Waals surface area contributed by atoms with Gasteiger partial charge in [0.2, 0.25) is 5.95 Å². The standard InChI is InChI=1S/C23H38BrN5O/c1-4-11-28(22(30)9-8-18(2)24)12-10-20-17-25-23(26-19(20)3)29-15-13-27(14-16-29)21-6-5-7-21/h8,17,21-22,30H,4-7,9-16H2,1-3H3/b18-8+. The van der Waals surface area contributed by atoms with Gasteiger partial charge in [0.1, 0.15) is 6.23 Å². The van der Waals surface area contributed by atoms with E-state index in [9.17, 15) is 5.11 Å². The molecule has 2 aliphatic rings. The second-order valence-electron chi connectivity index (χ2n) is 8.68. The van der Waals surface area contributed by atoms with E-state index in [1.165, 1.54) is 24.8 Å². The van der Waals surface area contributed by atoms with Crippen molar-refractivity contribution in [3.8, 4) is 0 Å². The Labute approximate surface area is 190 Å². The molecule has 1 N–H and O–H groups in total. The lowest BCUT2D eigenvalue weighted by atomic mass is 9.91. The van der Waals surface area contributed by atoms with Crippen LogP contribution in [0.1, 0.15) is 57.2 Å². The molecule has 3 rings (SSSR count). The summed E-state index contributed by atoms with van der Waals surface area (Å²) in [4.78, 5) is 16.6. The summed E-state index contributed by atoms with van der Waals surface area (Å²) in [7, 11) is 0. The molecule has 1 aromatic rings. The van der Waals surface area contributed by atoms with Gasteiger partial charge in [-0.25, -0.2) is 9.97 Å². The van der Waals surface area contributed by atoms with E-state index < -0.39 is 6.23 Å². The Bertz CT molecular complexity index is 697. The Morgan fingerprint density at radius 1 is 1.30 bits per heavy atom. The summed E-state index contributed by atoms with van der Waals surface area (Å²) in [6.45, 7) is 12.2. The van der Waals surface area contributed by atoms with Gasteiger partial charge in [-0.1, -0.05) is 35.4 Å². The summed E-state index contributed by atoms with van der Waals surface area (Å²) in [5, 5.41) is 10.6. The minimum atomic E-state index is -0.454. The number of allylic oxidation sites excluding steroid dienone is 1. The number of hydrogen-bond acceptors (Lipinski definition) is 6. The van der Waals surface area contributed by atoms with Crippen LogP contribution in [0.2, 0.25) is 0 Å². The van der Waals surface area contributed by atoms with Crippen molar-refractivity contribution < 1.29 is 5.11 Å². The SMILES string of the molecule is CCCN(CCc1cnc(N2CCN(C3CCC3)CC2)nc1C)C(O)C/C=C(\C)Br. The topological polar surface area (TPSA) is 55.7 Å². The van der Waals surface area contributed by atoms with Gasteiger partial charge in [-0.2, -0.15) is 0 Å². The smallest absolute Gasteiger partial charge is 0.225 e. The van der Waals surface area contributed by atoms with E-state index in [-0.39, 0.29) is 0 Å². The van der Waals surface area contributed by atoms with Gasteiger partial charge in [0, 0.05) is 63.6 Å². The lowest BCUT2D eigenvalue weighted by molar-refractivity contribution is 0.00690. The van der Waals surface area contributed by atoms with Gasteiger partial charge < -0.3 is 10.0 Å². The summed E-state index contributed by atoms with van der Waals surface area (Å²) < 4.78 is 1.06. The molecule has 1 aromatic heterocycles. The maximum absolute atomic E-state index is 10.6. The fraction of sp³-hybridized carbons (Fsp3) is 0.739. The van der Waals surface area contributed by atoms with Crippen molar-refractivity contribution in [1.29, 1.82) is 0 Å². The maximum Gasteiger partial charge on any atom is 0.225 e. The highest BCUT2D eigenvalue weighted by atomic mass is 79.9. The number of anilines is 1. The second kappa shape index (κ2) is 11.6. The molecule has 1 aliphatic heterocycles. The van der Waals surface area contributed by atoms with Gasteiger partial charge in [0.15, 0.2) is 0 Å². The molecule has 7 heteroatoms. The van der Waals surface area contributed by atoms with Crippen molar-refractivity contribution in [2.75, 3.05) is 44.2 Å². The van der Waals surface area contributed by atoms with Gasteiger partial charge in [-0.15, -0.1) is 0 Å². The van der Waals surface area contributed by atoms with Gasteiger partial charge >= 0.3 is 0 Å². The third-order valence-corrected chi connectivity index (χ3v) is 6.79. The van der Waals surface area contributed by atoms with Gasteiger partial charge in [0.05, 0.1) is 0 Å². The minimum Gasteiger partial charge on any atom is -0.378 e. The number of halogens is 1. The number of aryl methyl sites for hydroxylation is 1. The number of aliphatic hydroxyl groups excluding tert-OH is 1. The van der Waals surface area contributed by atoms with Crippen molar-refractivity contribution in [3.05, 3.63) is 28.0 Å². The summed E-state index contributed by atoms with van der Waals surface area (Å²) in [5.41, 5.74) is 2.23. The minimum absolute atomic E-state index is 0.454. The van der Waals surface area contributed by atoms with Crippen LogP contribution in [0.25, 0.3) is 0 Å². The van der Waals surface area contributed by atoms with E-state index in [0.29, 0.717) is 6.42 Å². The van der Waals surface area contributed by atoms with E-state index in [0.717, 1.165) is 74.3 Å². The molecular weight excluding hydrogens is 442 g/mol. The van der Waals surface area contributed by atoms with Crippen LogP contribution in [-0.2, 0) is 6.42 Å². The highest BCUT2D eigenvalue weighted by Crippen LogP contribution is 2.26.